The molecule has 0 fully saturated rings. The number of hydrogen-bond acceptors (Lipinski definition) is 2. The van der Waals surface area contributed by atoms with Gasteiger partial charge in [0.05, 0.1) is 17.8 Å². The molecule has 1 aromatic carbocycles. The van der Waals surface area contributed by atoms with Gasteiger partial charge in [-0.1, -0.05) is 25.1 Å². The van der Waals surface area contributed by atoms with E-state index >= 15 is 0 Å². The van der Waals surface area contributed by atoms with E-state index in [1.54, 1.807) is 6.07 Å². The summed E-state index contributed by atoms with van der Waals surface area (Å²) in [5, 5.41) is 5.10. The Kier molecular flexibility index (Phi) is 4.25. The summed E-state index contributed by atoms with van der Waals surface area (Å²) in [4.78, 5) is 0. The Hall–Kier alpha value is -1.49. The van der Waals surface area contributed by atoms with E-state index in [2.05, 4.69) is 5.10 Å². The molecule has 0 bridgehead atoms. The Balaban J connectivity index is 2.29. The van der Waals surface area contributed by atoms with Crippen LogP contribution in [0.4, 0.5) is 8.78 Å². The lowest BCUT2D eigenvalue weighted by molar-refractivity contribution is 0.113. The SMILES string of the molecule is CCCOCc1nn(CC(F)F)c2ccccc12. The molecule has 2 rings (SSSR count). The topological polar surface area (TPSA) is 27.1 Å². The summed E-state index contributed by atoms with van der Waals surface area (Å²) >= 11 is 0. The van der Waals surface area contributed by atoms with Gasteiger partial charge < -0.3 is 4.74 Å². The van der Waals surface area contributed by atoms with Crippen LogP contribution in [0.25, 0.3) is 10.9 Å². The van der Waals surface area contributed by atoms with E-state index in [-0.39, 0.29) is 6.54 Å². The maximum Gasteiger partial charge on any atom is 0.257 e. The first-order valence-electron chi connectivity index (χ1n) is 6.02. The number of halogens is 2. The van der Waals surface area contributed by atoms with E-state index in [4.69, 9.17) is 4.74 Å². The molecule has 5 heteroatoms. The van der Waals surface area contributed by atoms with Gasteiger partial charge in [-0.3, -0.25) is 4.68 Å². The van der Waals surface area contributed by atoms with E-state index in [1.165, 1.54) is 4.68 Å². The van der Waals surface area contributed by atoms with Crippen LogP contribution in [0.5, 0.6) is 0 Å². The lowest BCUT2D eigenvalue weighted by Crippen LogP contribution is -2.08. The van der Waals surface area contributed by atoms with Gasteiger partial charge in [0.25, 0.3) is 6.43 Å². The number of aromatic nitrogens is 2. The molecule has 3 nitrogen and oxygen atoms in total. The molecule has 0 saturated heterocycles. The summed E-state index contributed by atoms with van der Waals surface area (Å²) in [5.74, 6) is 0. The van der Waals surface area contributed by atoms with Crippen LogP contribution in [-0.4, -0.2) is 22.8 Å². The highest BCUT2D eigenvalue weighted by molar-refractivity contribution is 5.81. The highest BCUT2D eigenvalue weighted by Gasteiger charge is 2.13. The quantitative estimate of drug-likeness (QED) is 0.740. The normalized spacial score (nSPS) is 11.6. The second kappa shape index (κ2) is 5.91. The number of para-hydroxylation sites is 1. The van der Waals surface area contributed by atoms with Crippen molar-refractivity contribution in [1.82, 2.24) is 9.78 Å². The van der Waals surface area contributed by atoms with E-state index in [0.29, 0.717) is 13.2 Å². The number of benzene rings is 1. The zero-order valence-corrected chi connectivity index (χ0v) is 10.3. The van der Waals surface area contributed by atoms with E-state index in [0.717, 1.165) is 23.0 Å². The van der Waals surface area contributed by atoms with Crippen LogP contribution >= 0.6 is 0 Å². The first-order chi connectivity index (χ1) is 8.72. The maximum atomic E-state index is 12.5. The zero-order valence-electron chi connectivity index (χ0n) is 10.3. The molecule has 0 spiro atoms. The maximum absolute atomic E-state index is 12.5. The minimum absolute atomic E-state index is 0.366. The van der Waals surface area contributed by atoms with Crippen molar-refractivity contribution < 1.29 is 13.5 Å². The van der Waals surface area contributed by atoms with Gasteiger partial charge in [-0.2, -0.15) is 5.10 Å². The Labute approximate surface area is 104 Å². The Bertz CT molecular complexity index is 511. The summed E-state index contributed by atoms with van der Waals surface area (Å²) in [6.45, 7) is 2.66. The molecule has 0 aliphatic rings. The third-order valence-electron chi connectivity index (χ3n) is 2.63. The minimum atomic E-state index is -2.40. The molecule has 0 radical (unpaired) electrons. The number of fused-ring (bicyclic) bond motifs is 1. The zero-order chi connectivity index (χ0) is 13.0. The molecular formula is C13H16F2N2O. The molecular weight excluding hydrogens is 238 g/mol. The van der Waals surface area contributed by atoms with E-state index < -0.39 is 6.43 Å². The Morgan fingerprint density at radius 1 is 1.33 bits per heavy atom. The number of rotatable bonds is 6. The fourth-order valence-electron chi connectivity index (χ4n) is 1.89. The molecule has 98 valence electrons. The van der Waals surface area contributed by atoms with Crippen LogP contribution in [0.1, 0.15) is 19.0 Å². The van der Waals surface area contributed by atoms with Crippen molar-refractivity contribution in [2.45, 2.75) is 32.9 Å². The number of nitrogens with zero attached hydrogens (tertiary/aromatic N) is 2. The molecule has 0 atom stereocenters. The first-order valence-corrected chi connectivity index (χ1v) is 6.02. The lowest BCUT2D eigenvalue weighted by Gasteiger charge is -2.01. The van der Waals surface area contributed by atoms with Crippen molar-refractivity contribution in [2.75, 3.05) is 6.61 Å². The van der Waals surface area contributed by atoms with Gasteiger partial charge >= 0.3 is 0 Å². The smallest absolute Gasteiger partial charge is 0.257 e. The van der Waals surface area contributed by atoms with Crippen molar-refractivity contribution in [3.8, 4) is 0 Å². The van der Waals surface area contributed by atoms with Crippen LogP contribution < -0.4 is 0 Å². The fraction of sp³-hybridized carbons (Fsp3) is 0.462. The average Bonchev–Trinajstić information content (AvgIpc) is 2.68. The Morgan fingerprint density at radius 3 is 2.83 bits per heavy atom. The van der Waals surface area contributed by atoms with Crippen LogP contribution in [0.2, 0.25) is 0 Å². The summed E-state index contributed by atoms with van der Waals surface area (Å²) < 4.78 is 31.7. The van der Waals surface area contributed by atoms with Crippen LogP contribution in [0, 0.1) is 0 Å². The predicted octanol–water partition coefficient (Wildman–Crippen LogP) is 3.23. The standard InChI is InChI=1S/C13H16F2N2O/c1-2-7-18-9-11-10-5-3-4-6-12(10)17(16-11)8-13(14)15/h3-6,13H,2,7-9H2,1H3. The van der Waals surface area contributed by atoms with Crippen molar-refractivity contribution >= 4 is 10.9 Å². The number of hydrogen-bond donors (Lipinski definition) is 0. The molecule has 0 aliphatic heterocycles. The summed E-state index contributed by atoms with van der Waals surface area (Å²) in [7, 11) is 0. The van der Waals surface area contributed by atoms with Crippen LogP contribution in [0.3, 0.4) is 0 Å². The van der Waals surface area contributed by atoms with Gasteiger partial charge in [0.1, 0.15) is 6.54 Å². The van der Waals surface area contributed by atoms with Gasteiger partial charge in [0.2, 0.25) is 0 Å². The Morgan fingerprint density at radius 2 is 2.11 bits per heavy atom. The minimum Gasteiger partial charge on any atom is -0.375 e. The molecule has 0 unspecified atom stereocenters. The highest BCUT2D eigenvalue weighted by Crippen LogP contribution is 2.20. The molecule has 2 aromatic rings. The predicted molar refractivity (Wildman–Crippen MR) is 65.7 cm³/mol. The number of ether oxygens (including phenoxy) is 1. The molecule has 1 heterocycles. The third kappa shape index (κ3) is 2.85. The fourth-order valence-corrected chi connectivity index (χ4v) is 1.89. The average molecular weight is 254 g/mol. The van der Waals surface area contributed by atoms with Gasteiger partial charge in [-0.25, -0.2) is 8.78 Å². The molecule has 0 N–H and O–H groups in total. The third-order valence-corrected chi connectivity index (χ3v) is 2.63. The van der Waals surface area contributed by atoms with Crippen molar-refractivity contribution in [1.29, 1.82) is 0 Å². The van der Waals surface area contributed by atoms with Gasteiger partial charge in [0.15, 0.2) is 0 Å². The number of alkyl halides is 2. The summed E-state index contributed by atoms with van der Waals surface area (Å²) in [5.41, 5.74) is 1.45. The first kappa shape index (κ1) is 13.0. The van der Waals surface area contributed by atoms with Crippen molar-refractivity contribution in [3.63, 3.8) is 0 Å². The van der Waals surface area contributed by atoms with Gasteiger partial charge in [-0.05, 0) is 12.5 Å². The van der Waals surface area contributed by atoms with Crippen molar-refractivity contribution in [3.05, 3.63) is 30.0 Å². The van der Waals surface area contributed by atoms with Gasteiger partial charge in [0, 0.05) is 12.0 Å². The monoisotopic (exact) mass is 254 g/mol. The van der Waals surface area contributed by atoms with E-state index in [1.807, 2.05) is 25.1 Å². The van der Waals surface area contributed by atoms with Crippen LogP contribution in [-0.2, 0) is 17.9 Å². The molecule has 0 amide bonds. The molecule has 0 aliphatic carbocycles. The summed E-state index contributed by atoms with van der Waals surface area (Å²) in [6, 6.07) is 7.38. The van der Waals surface area contributed by atoms with Crippen molar-refractivity contribution in [2.24, 2.45) is 0 Å². The van der Waals surface area contributed by atoms with Gasteiger partial charge in [-0.15, -0.1) is 0 Å². The summed E-state index contributed by atoms with van der Waals surface area (Å²) in [6.07, 6.45) is -1.48. The molecule has 18 heavy (non-hydrogen) atoms. The second-order valence-corrected chi connectivity index (χ2v) is 4.09. The van der Waals surface area contributed by atoms with E-state index in [9.17, 15) is 8.78 Å². The largest absolute Gasteiger partial charge is 0.375 e. The lowest BCUT2D eigenvalue weighted by atomic mass is 10.2. The second-order valence-electron chi connectivity index (χ2n) is 4.09. The molecule has 1 aromatic heterocycles. The van der Waals surface area contributed by atoms with Crippen LogP contribution in [0.15, 0.2) is 24.3 Å². The molecule has 0 saturated carbocycles. The highest BCUT2D eigenvalue weighted by atomic mass is 19.3.